The molecule has 1 aromatic carbocycles. The van der Waals surface area contributed by atoms with Crippen molar-refractivity contribution in [3.8, 4) is 0 Å². The first-order chi connectivity index (χ1) is 12.5. The van der Waals surface area contributed by atoms with Gasteiger partial charge < -0.3 is 16.8 Å². The van der Waals surface area contributed by atoms with Gasteiger partial charge in [-0.2, -0.15) is 5.10 Å². The molecule has 3 atom stereocenters. The lowest BCUT2D eigenvalue weighted by atomic mass is 9.96. The smallest absolute Gasteiger partial charge is 0.237 e. The summed E-state index contributed by atoms with van der Waals surface area (Å²) in [6, 6.07) is 10.7. The summed E-state index contributed by atoms with van der Waals surface area (Å²) in [7, 11) is 0. The van der Waals surface area contributed by atoms with Gasteiger partial charge in [0.25, 0.3) is 0 Å². The van der Waals surface area contributed by atoms with Gasteiger partial charge in [0.1, 0.15) is 5.82 Å². The number of nitrogens with two attached hydrogens (primary N) is 2. The zero-order valence-corrected chi connectivity index (χ0v) is 17.1. The number of rotatable bonds is 6. The van der Waals surface area contributed by atoms with Gasteiger partial charge in [-0.25, -0.2) is 0 Å². The van der Waals surface area contributed by atoms with Crippen LogP contribution >= 0.6 is 24.8 Å². The summed E-state index contributed by atoms with van der Waals surface area (Å²) in [4.78, 5) is 26.4. The number of benzene rings is 1. The van der Waals surface area contributed by atoms with Crippen LogP contribution < -0.4 is 16.8 Å². The van der Waals surface area contributed by atoms with E-state index in [1.165, 1.54) is 0 Å². The minimum Gasteiger partial charge on any atom is -0.382 e. The summed E-state index contributed by atoms with van der Waals surface area (Å²) >= 11 is 0. The molecule has 2 amide bonds. The molecule has 1 aromatic heterocycles. The third kappa shape index (κ3) is 5.37. The van der Waals surface area contributed by atoms with Crippen LogP contribution in [0.25, 0.3) is 0 Å². The number of nitrogens with one attached hydrogen (secondary N) is 2. The van der Waals surface area contributed by atoms with Gasteiger partial charge in [-0.05, 0) is 24.8 Å². The van der Waals surface area contributed by atoms with E-state index in [1.807, 2.05) is 35.2 Å². The Morgan fingerprint density at radius 3 is 2.57 bits per heavy atom. The number of carbonyl (C=O) groups excluding carboxylic acids is 2. The Hall–Kier alpha value is -2.29. The van der Waals surface area contributed by atoms with Crippen molar-refractivity contribution in [2.45, 2.75) is 37.9 Å². The third-order valence-corrected chi connectivity index (χ3v) is 4.92. The van der Waals surface area contributed by atoms with Gasteiger partial charge >= 0.3 is 0 Å². The molecule has 154 valence electrons. The van der Waals surface area contributed by atoms with Crippen LogP contribution in [0.2, 0.25) is 0 Å². The van der Waals surface area contributed by atoms with Gasteiger partial charge in [-0.3, -0.25) is 19.6 Å². The van der Waals surface area contributed by atoms with Crippen molar-refractivity contribution in [1.82, 2.24) is 20.4 Å². The van der Waals surface area contributed by atoms with E-state index in [4.69, 9.17) is 11.5 Å². The number of hydrogen-bond donors (Lipinski definition) is 4. The van der Waals surface area contributed by atoms with Crippen LogP contribution in [0.3, 0.4) is 0 Å². The van der Waals surface area contributed by atoms with Gasteiger partial charge in [0.05, 0.1) is 24.3 Å². The van der Waals surface area contributed by atoms with Crippen molar-refractivity contribution >= 4 is 42.4 Å². The molecule has 10 heteroatoms. The number of amides is 2. The number of hydrogen-bond acceptors (Lipinski definition) is 5. The average molecular weight is 429 g/mol. The Bertz CT molecular complexity index is 785. The summed E-state index contributed by atoms with van der Waals surface area (Å²) in [5.74, 6) is -0.0137. The van der Waals surface area contributed by atoms with Gasteiger partial charge in [-0.1, -0.05) is 30.3 Å². The van der Waals surface area contributed by atoms with Crippen LogP contribution in [0.1, 0.15) is 30.5 Å². The largest absolute Gasteiger partial charge is 0.382 e. The highest BCUT2D eigenvalue weighted by Gasteiger charge is 2.40. The highest BCUT2D eigenvalue weighted by atomic mass is 35.5. The van der Waals surface area contributed by atoms with E-state index < -0.39 is 18.0 Å². The first-order valence-electron chi connectivity index (χ1n) is 8.63. The summed E-state index contributed by atoms with van der Waals surface area (Å²) in [5, 5.41) is 9.42. The fourth-order valence-corrected chi connectivity index (χ4v) is 3.49. The Balaban J connectivity index is 0.00000196. The molecule has 2 heterocycles. The van der Waals surface area contributed by atoms with E-state index in [1.54, 1.807) is 13.0 Å². The Morgan fingerprint density at radius 2 is 2.00 bits per heavy atom. The topological polar surface area (TPSA) is 130 Å². The lowest BCUT2D eigenvalue weighted by Gasteiger charge is -2.27. The van der Waals surface area contributed by atoms with Gasteiger partial charge in [-0.15, -0.1) is 24.8 Å². The molecule has 1 fully saturated rings. The number of aromatic nitrogens is 2. The SMILES string of the molecule is C[C@@H](C(=O)NCc1cc(N)n[nH]1)N1CC(c2ccccc2)CC1C(N)=O.Cl.Cl. The van der Waals surface area contributed by atoms with Crippen molar-refractivity contribution in [3.63, 3.8) is 0 Å². The zero-order valence-electron chi connectivity index (χ0n) is 15.5. The number of nitrogens with zero attached hydrogens (tertiary/aromatic N) is 2. The second-order valence-corrected chi connectivity index (χ2v) is 6.67. The van der Waals surface area contributed by atoms with Crippen LogP contribution in [-0.4, -0.2) is 45.5 Å². The molecule has 0 spiro atoms. The molecule has 6 N–H and O–H groups in total. The van der Waals surface area contributed by atoms with E-state index in [-0.39, 0.29) is 36.6 Å². The van der Waals surface area contributed by atoms with Gasteiger partial charge in [0, 0.05) is 12.6 Å². The van der Waals surface area contributed by atoms with Crippen LogP contribution in [0.4, 0.5) is 5.82 Å². The van der Waals surface area contributed by atoms with E-state index in [0.717, 1.165) is 11.3 Å². The van der Waals surface area contributed by atoms with Crippen molar-refractivity contribution < 1.29 is 9.59 Å². The van der Waals surface area contributed by atoms with Gasteiger partial charge in [0.2, 0.25) is 11.8 Å². The zero-order chi connectivity index (χ0) is 18.7. The maximum atomic E-state index is 12.6. The normalized spacial score (nSPS) is 19.9. The van der Waals surface area contributed by atoms with Crippen LogP contribution in [-0.2, 0) is 16.1 Å². The van der Waals surface area contributed by atoms with E-state index in [2.05, 4.69) is 15.5 Å². The number of halogens is 2. The summed E-state index contributed by atoms with van der Waals surface area (Å²) in [5.41, 5.74) is 13.0. The molecular weight excluding hydrogens is 403 g/mol. The maximum absolute atomic E-state index is 12.6. The summed E-state index contributed by atoms with van der Waals surface area (Å²) in [6.45, 7) is 2.70. The molecule has 0 bridgehead atoms. The molecular formula is C18H26Cl2N6O2. The average Bonchev–Trinajstić information content (AvgIpc) is 3.26. The van der Waals surface area contributed by atoms with E-state index in [9.17, 15) is 9.59 Å². The van der Waals surface area contributed by atoms with Crippen molar-refractivity contribution in [2.75, 3.05) is 12.3 Å². The first kappa shape index (κ1) is 23.7. The number of nitrogen functional groups attached to an aromatic ring is 1. The number of likely N-dealkylation sites (tertiary alicyclic amines) is 1. The van der Waals surface area contributed by atoms with Crippen LogP contribution in [0.5, 0.6) is 0 Å². The van der Waals surface area contributed by atoms with Crippen molar-refractivity contribution in [1.29, 1.82) is 0 Å². The Kier molecular flexibility index (Phi) is 8.74. The number of primary amides is 1. The molecule has 1 aliphatic heterocycles. The molecule has 8 nitrogen and oxygen atoms in total. The van der Waals surface area contributed by atoms with E-state index >= 15 is 0 Å². The minimum atomic E-state index is -0.471. The highest BCUT2D eigenvalue weighted by Crippen LogP contribution is 2.33. The summed E-state index contributed by atoms with van der Waals surface area (Å²) in [6.07, 6.45) is 0.619. The van der Waals surface area contributed by atoms with Gasteiger partial charge in [0.15, 0.2) is 0 Å². The molecule has 28 heavy (non-hydrogen) atoms. The molecule has 1 saturated heterocycles. The number of anilines is 1. The second-order valence-electron chi connectivity index (χ2n) is 6.67. The van der Waals surface area contributed by atoms with E-state index in [0.29, 0.717) is 25.3 Å². The molecule has 0 radical (unpaired) electrons. The molecule has 1 aliphatic rings. The highest BCUT2D eigenvalue weighted by molar-refractivity contribution is 5.86. The number of aromatic amines is 1. The molecule has 0 aliphatic carbocycles. The lowest BCUT2D eigenvalue weighted by molar-refractivity contribution is -0.129. The van der Waals surface area contributed by atoms with Crippen molar-refractivity contribution in [3.05, 3.63) is 47.7 Å². The fraction of sp³-hybridized carbons (Fsp3) is 0.389. The third-order valence-electron chi connectivity index (χ3n) is 4.92. The molecule has 2 aromatic rings. The molecule has 3 rings (SSSR count). The Morgan fingerprint density at radius 1 is 1.32 bits per heavy atom. The van der Waals surface area contributed by atoms with Crippen molar-refractivity contribution in [2.24, 2.45) is 5.73 Å². The summed E-state index contributed by atoms with van der Waals surface area (Å²) < 4.78 is 0. The quantitative estimate of drug-likeness (QED) is 0.548. The predicted molar refractivity (Wildman–Crippen MR) is 112 cm³/mol. The fourth-order valence-electron chi connectivity index (χ4n) is 3.49. The first-order valence-corrected chi connectivity index (χ1v) is 8.63. The minimum absolute atomic E-state index is 0. The molecule has 2 unspecified atom stereocenters. The standard InChI is InChI=1S/C18H24N6O2.2ClH/c1-11(18(26)21-9-14-8-16(19)23-22-14)24-10-13(7-15(24)17(20)25)12-5-3-2-4-6-12;;/h2-6,8,11,13,15H,7,9-10H2,1H3,(H2,20,25)(H,21,26)(H3,19,22,23);2*1H/t11-,13?,15?;;/m0../s1. The number of carbonyl (C=O) groups is 2. The monoisotopic (exact) mass is 428 g/mol. The lowest BCUT2D eigenvalue weighted by Crippen LogP contribution is -2.51. The van der Waals surface area contributed by atoms with Crippen LogP contribution in [0, 0.1) is 0 Å². The van der Waals surface area contributed by atoms with Crippen LogP contribution in [0.15, 0.2) is 36.4 Å². The predicted octanol–water partition coefficient (Wildman–Crippen LogP) is 1.18. The molecule has 0 saturated carbocycles. The maximum Gasteiger partial charge on any atom is 0.237 e. The number of H-pyrrole nitrogens is 1. The second kappa shape index (κ2) is 10.3. The Labute approximate surface area is 176 Å².